The van der Waals surface area contributed by atoms with Crippen LogP contribution >= 0.6 is 0 Å². The third-order valence-electron chi connectivity index (χ3n) is 14.3. The summed E-state index contributed by atoms with van der Waals surface area (Å²) in [6.45, 7) is 13.9. The van der Waals surface area contributed by atoms with Gasteiger partial charge in [-0.1, -0.05) is 27.7 Å². The maximum Gasteiger partial charge on any atom is 0.104 e. The van der Waals surface area contributed by atoms with Crippen molar-refractivity contribution >= 4 is 0 Å². The Morgan fingerprint density at radius 2 is 1.07 bits per heavy atom. The van der Waals surface area contributed by atoms with Crippen molar-refractivity contribution in [2.24, 2.45) is 45.3 Å². The van der Waals surface area contributed by atoms with Crippen LogP contribution in [0, 0.1) is 45.3 Å². The van der Waals surface area contributed by atoms with E-state index in [1.54, 1.807) is 0 Å². The molecule has 0 spiro atoms. The minimum atomic E-state index is -0.571. The van der Waals surface area contributed by atoms with Crippen molar-refractivity contribution in [2.45, 2.75) is 122 Å². The van der Waals surface area contributed by atoms with Crippen molar-refractivity contribution in [3.8, 4) is 0 Å². The standard InChI is InChI=1S/C33H52O7/c1-30-11-19(33(4)24(30)6-8-27(33)39-17-22-15-35-22)9-28(30)38-14-21(34)13-37-26-7-5-25-31(2)12-20(32(25,26)3)10-29(31)40-18-23-16-36-23/h19-29,34H,5-18H2,1-4H3. The molecule has 7 nitrogen and oxygen atoms in total. The first-order valence-corrected chi connectivity index (χ1v) is 16.5. The van der Waals surface area contributed by atoms with Gasteiger partial charge in [0, 0.05) is 10.8 Å². The fourth-order valence-electron chi connectivity index (χ4n) is 12.1. The van der Waals surface area contributed by atoms with Gasteiger partial charge in [0.2, 0.25) is 0 Å². The van der Waals surface area contributed by atoms with Gasteiger partial charge in [-0.15, -0.1) is 0 Å². The lowest BCUT2D eigenvalue weighted by molar-refractivity contribution is -0.142. The second kappa shape index (κ2) is 9.36. The van der Waals surface area contributed by atoms with E-state index < -0.39 is 6.10 Å². The van der Waals surface area contributed by atoms with E-state index in [1.165, 1.54) is 25.7 Å². The molecule has 0 amide bonds. The maximum absolute atomic E-state index is 11.0. The molecule has 8 rings (SSSR count). The molecule has 15 atom stereocenters. The number of rotatable bonds is 12. The van der Waals surface area contributed by atoms with Gasteiger partial charge in [-0.2, -0.15) is 0 Å². The first-order chi connectivity index (χ1) is 19.2. The number of hydrogen-bond acceptors (Lipinski definition) is 7. The molecular formula is C33H52O7. The molecule has 1 N–H and O–H groups in total. The van der Waals surface area contributed by atoms with Gasteiger partial charge in [0.25, 0.3) is 0 Å². The highest BCUT2D eigenvalue weighted by atomic mass is 16.6. The predicted octanol–water partition coefficient (Wildman–Crippen LogP) is 4.38. The molecule has 6 aliphatic carbocycles. The summed E-state index contributed by atoms with van der Waals surface area (Å²) < 4.78 is 36.7. The highest BCUT2D eigenvalue weighted by molar-refractivity contribution is 5.20. The molecule has 7 heteroatoms. The van der Waals surface area contributed by atoms with E-state index >= 15 is 0 Å². The molecule has 2 aliphatic heterocycles. The Kier molecular flexibility index (Phi) is 6.38. The summed E-state index contributed by atoms with van der Waals surface area (Å²) >= 11 is 0. The van der Waals surface area contributed by atoms with Gasteiger partial charge in [0.05, 0.1) is 64.1 Å². The van der Waals surface area contributed by atoms with Crippen molar-refractivity contribution in [2.75, 3.05) is 39.6 Å². The number of aliphatic hydroxyl groups is 1. The molecule has 8 aliphatic rings. The number of ether oxygens (including phenoxy) is 6. The fraction of sp³-hybridized carbons (Fsp3) is 1.00. The molecule has 6 saturated carbocycles. The van der Waals surface area contributed by atoms with Gasteiger partial charge in [-0.3, -0.25) is 0 Å². The van der Waals surface area contributed by atoms with Crippen LogP contribution in [-0.2, 0) is 28.4 Å². The van der Waals surface area contributed by atoms with Crippen molar-refractivity contribution in [3.05, 3.63) is 0 Å². The minimum absolute atomic E-state index is 0.184. The zero-order valence-corrected chi connectivity index (χ0v) is 25.1. The molecule has 2 saturated heterocycles. The third-order valence-corrected chi connectivity index (χ3v) is 14.3. The first-order valence-electron chi connectivity index (χ1n) is 16.5. The molecule has 0 aromatic heterocycles. The van der Waals surface area contributed by atoms with Crippen LogP contribution in [0.1, 0.15) is 79.1 Å². The van der Waals surface area contributed by atoms with Crippen LogP contribution in [0.3, 0.4) is 0 Å². The van der Waals surface area contributed by atoms with Gasteiger partial charge in [-0.25, -0.2) is 0 Å². The van der Waals surface area contributed by atoms with Crippen LogP contribution in [0.4, 0.5) is 0 Å². The molecule has 0 aromatic carbocycles. The van der Waals surface area contributed by atoms with E-state index in [0.717, 1.165) is 52.1 Å². The van der Waals surface area contributed by atoms with Crippen molar-refractivity contribution < 1.29 is 33.5 Å². The number of epoxide rings is 2. The van der Waals surface area contributed by atoms with Gasteiger partial charge < -0.3 is 33.5 Å². The molecule has 15 unspecified atom stereocenters. The second-order valence-electron chi connectivity index (χ2n) is 16.1. The summed E-state index contributed by atoms with van der Waals surface area (Å²) in [5, 5.41) is 11.0. The molecular weight excluding hydrogens is 508 g/mol. The minimum Gasteiger partial charge on any atom is -0.388 e. The van der Waals surface area contributed by atoms with E-state index in [0.29, 0.717) is 61.3 Å². The summed E-state index contributed by atoms with van der Waals surface area (Å²) in [7, 11) is 0. The van der Waals surface area contributed by atoms with Crippen molar-refractivity contribution in [1.82, 2.24) is 0 Å². The molecule has 8 fully saturated rings. The Hall–Kier alpha value is -0.280. The van der Waals surface area contributed by atoms with Gasteiger partial charge in [-0.05, 0) is 85.9 Å². The van der Waals surface area contributed by atoms with Crippen LogP contribution in [0.5, 0.6) is 0 Å². The Morgan fingerprint density at radius 3 is 1.57 bits per heavy atom. The summed E-state index contributed by atoms with van der Waals surface area (Å²) in [6, 6.07) is 0. The summed E-state index contributed by atoms with van der Waals surface area (Å²) in [6.07, 6.45) is 10.7. The largest absolute Gasteiger partial charge is 0.388 e. The highest BCUT2D eigenvalue weighted by Gasteiger charge is 2.71. The quantitative estimate of drug-likeness (QED) is 0.355. The summed E-state index contributed by atoms with van der Waals surface area (Å²) in [5.41, 5.74) is 0.881. The van der Waals surface area contributed by atoms with Gasteiger partial charge in [0.15, 0.2) is 0 Å². The predicted molar refractivity (Wildman–Crippen MR) is 148 cm³/mol. The molecule has 2 heterocycles. The Morgan fingerprint density at radius 1 is 0.650 bits per heavy atom. The Balaban J connectivity index is 0.834. The van der Waals surface area contributed by atoms with Gasteiger partial charge in [0.1, 0.15) is 18.3 Å². The zero-order valence-electron chi connectivity index (χ0n) is 25.1. The number of hydrogen-bond donors (Lipinski definition) is 1. The normalized spacial score (nSPS) is 57.5. The maximum atomic E-state index is 11.0. The van der Waals surface area contributed by atoms with E-state index in [4.69, 9.17) is 28.4 Å². The van der Waals surface area contributed by atoms with Crippen LogP contribution in [0.25, 0.3) is 0 Å². The fourth-order valence-corrected chi connectivity index (χ4v) is 12.1. The van der Waals surface area contributed by atoms with E-state index in [1.807, 2.05) is 0 Å². The number of aliphatic hydroxyl groups excluding tert-OH is 1. The highest BCUT2D eigenvalue weighted by Crippen LogP contribution is 2.73. The van der Waals surface area contributed by atoms with Crippen molar-refractivity contribution in [3.63, 3.8) is 0 Å². The van der Waals surface area contributed by atoms with Crippen LogP contribution in [-0.4, -0.2) is 87.5 Å². The summed E-state index contributed by atoms with van der Waals surface area (Å²) in [5.74, 6) is 2.57. The smallest absolute Gasteiger partial charge is 0.104 e. The average Bonchev–Trinajstić information content (AvgIpc) is 3.75. The van der Waals surface area contributed by atoms with E-state index in [9.17, 15) is 5.11 Å². The number of fused-ring (bicyclic) bond motifs is 10. The summed E-state index contributed by atoms with van der Waals surface area (Å²) in [4.78, 5) is 0. The average molecular weight is 561 g/mol. The lowest BCUT2D eigenvalue weighted by atomic mass is 9.63. The Labute approximate surface area is 240 Å². The third kappa shape index (κ3) is 3.93. The zero-order chi connectivity index (χ0) is 27.5. The van der Waals surface area contributed by atoms with Crippen LogP contribution in [0.15, 0.2) is 0 Å². The first kappa shape index (κ1) is 27.3. The van der Waals surface area contributed by atoms with Gasteiger partial charge >= 0.3 is 0 Å². The van der Waals surface area contributed by atoms with Crippen molar-refractivity contribution in [1.29, 1.82) is 0 Å². The second-order valence-corrected chi connectivity index (χ2v) is 16.1. The monoisotopic (exact) mass is 560 g/mol. The van der Waals surface area contributed by atoms with Crippen LogP contribution < -0.4 is 0 Å². The topological polar surface area (TPSA) is 82.2 Å². The SMILES string of the molecule is CC12CC(CC1OCC1CO1)C1(C)C(OCC(O)COC3CC4CC3(C)C3CCC(OCC5CO5)C43C)CCC21. The van der Waals surface area contributed by atoms with Crippen LogP contribution in [0.2, 0.25) is 0 Å². The van der Waals surface area contributed by atoms with E-state index in [2.05, 4.69) is 27.7 Å². The molecule has 4 bridgehead atoms. The molecule has 226 valence electrons. The molecule has 40 heavy (non-hydrogen) atoms. The lowest BCUT2D eigenvalue weighted by Gasteiger charge is -2.47. The Bertz CT molecular complexity index is 984. The molecule has 0 radical (unpaired) electrons. The lowest BCUT2D eigenvalue weighted by Crippen LogP contribution is -2.48. The molecule has 0 aromatic rings. The van der Waals surface area contributed by atoms with E-state index in [-0.39, 0.29) is 33.9 Å².